The van der Waals surface area contributed by atoms with Crippen molar-refractivity contribution in [2.45, 2.75) is 19.3 Å². The molecule has 1 aliphatic heterocycles. The number of alkyl halides is 3. The third-order valence-electron chi connectivity index (χ3n) is 4.64. The number of fused-ring (bicyclic) bond motifs is 3. The van der Waals surface area contributed by atoms with E-state index in [1.807, 2.05) is 11.6 Å². The lowest BCUT2D eigenvalue weighted by atomic mass is 10.0. The van der Waals surface area contributed by atoms with Gasteiger partial charge in [-0.2, -0.15) is 13.2 Å². The highest BCUT2D eigenvalue weighted by Crippen LogP contribution is 2.44. The van der Waals surface area contributed by atoms with Gasteiger partial charge in [-0.1, -0.05) is 23.7 Å². The fourth-order valence-corrected chi connectivity index (χ4v) is 3.58. The molecule has 0 saturated heterocycles. The third-order valence-corrected chi connectivity index (χ3v) is 4.96. The van der Waals surface area contributed by atoms with Crippen LogP contribution in [0, 0.1) is 0 Å². The Labute approximate surface area is 164 Å². The summed E-state index contributed by atoms with van der Waals surface area (Å²) in [6.07, 6.45) is -2.83. The maximum Gasteiger partial charge on any atom is 0.433 e. The summed E-state index contributed by atoms with van der Waals surface area (Å²) >= 11 is 6.33. The van der Waals surface area contributed by atoms with Crippen molar-refractivity contribution < 1.29 is 13.2 Å². The number of nitrogens with one attached hydrogen (secondary N) is 1. The van der Waals surface area contributed by atoms with Gasteiger partial charge in [-0.25, -0.2) is 9.97 Å². The first-order chi connectivity index (χ1) is 13.4. The number of para-hydroxylation sites is 1. The zero-order valence-corrected chi connectivity index (χ0v) is 15.7. The molecule has 28 heavy (non-hydrogen) atoms. The first-order valence-corrected chi connectivity index (χ1v) is 9.07. The largest absolute Gasteiger partial charge is 0.433 e. The summed E-state index contributed by atoms with van der Waals surface area (Å²) in [5, 5.41) is 3.50. The highest BCUT2D eigenvalue weighted by molar-refractivity contribution is 6.33. The van der Waals surface area contributed by atoms with Crippen LogP contribution in [0.5, 0.6) is 0 Å². The van der Waals surface area contributed by atoms with Crippen molar-refractivity contribution in [1.29, 1.82) is 0 Å². The smallest absolute Gasteiger partial charge is 0.329 e. The lowest BCUT2D eigenvalue weighted by Gasteiger charge is -2.31. The van der Waals surface area contributed by atoms with E-state index < -0.39 is 11.9 Å². The third kappa shape index (κ3) is 3.22. The van der Waals surface area contributed by atoms with Crippen molar-refractivity contribution >= 4 is 23.1 Å². The summed E-state index contributed by atoms with van der Waals surface area (Å²) < 4.78 is 41.9. The number of nitrogens with zero attached hydrogens (tertiary/aromatic N) is 4. The molecular formula is C19H17ClF3N5. The molecule has 0 spiro atoms. The summed E-state index contributed by atoms with van der Waals surface area (Å²) in [6.45, 7) is 1.64. The van der Waals surface area contributed by atoms with Crippen molar-refractivity contribution in [3.05, 3.63) is 59.1 Å². The van der Waals surface area contributed by atoms with Crippen LogP contribution in [-0.4, -0.2) is 28.1 Å². The molecule has 2 aromatic heterocycles. The Bertz CT molecular complexity index is 1020. The molecule has 5 nitrogen and oxygen atoms in total. The minimum absolute atomic E-state index is 0.224. The lowest BCUT2D eigenvalue weighted by molar-refractivity contribution is -0.141. The second kappa shape index (κ2) is 7.10. The van der Waals surface area contributed by atoms with Crippen LogP contribution in [0.4, 0.5) is 24.7 Å². The van der Waals surface area contributed by atoms with Gasteiger partial charge in [0.15, 0.2) is 0 Å². The number of pyridine rings is 1. The highest BCUT2D eigenvalue weighted by atomic mass is 35.5. The first-order valence-electron chi connectivity index (χ1n) is 8.69. The van der Waals surface area contributed by atoms with Crippen molar-refractivity contribution in [2.24, 2.45) is 0 Å². The zero-order valence-electron chi connectivity index (χ0n) is 15.0. The van der Waals surface area contributed by atoms with E-state index in [9.17, 15) is 13.2 Å². The van der Waals surface area contributed by atoms with Crippen LogP contribution in [0.1, 0.15) is 11.4 Å². The number of halogens is 4. The Morgan fingerprint density at radius 2 is 1.96 bits per heavy atom. The van der Waals surface area contributed by atoms with Gasteiger partial charge in [-0.05, 0) is 31.3 Å². The van der Waals surface area contributed by atoms with Gasteiger partial charge in [0.1, 0.15) is 11.5 Å². The number of hydrogen-bond donors (Lipinski definition) is 1. The van der Waals surface area contributed by atoms with E-state index in [4.69, 9.17) is 11.6 Å². The van der Waals surface area contributed by atoms with E-state index in [1.54, 1.807) is 35.5 Å². The lowest BCUT2D eigenvalue weighted by Crippen LogP contribution is -2.25. The Balaban J connectivity index is 1.90. The zero-order chi connectivity index (χ0) is 19.9. The van der Waals surface area contributed by atoms with Crippen LogP contribution in [-0.2, 0) is 19.3 Å². The molecule has 0 fully saturated rings. The number of likely N-dealkylation sites (N-methyl/N-ethyl adjacent to an activating group) is 1. The predicted molar refractivity (Wildman–Crippen MR) is 102 cm³/mol. The van der Waals surface area contributed by atoms with Gasteiger partial charge in [0.05, 0.1) is 35.0 Å². The molecule has 0 unspecified atom stereocenters. The fourth-order valence-electron chi connectivity index (χ4n) is 3.34. The Kier molecular flexibility index (Phi) is 4.76. The molecule has 1 aromatic carbocycles. The molecule has 0 aliphatic carbocycles. The maximum atomic E-state index is 13.3. The van der Waals surface area contributed by atoms with Crippen LogP contribution in [0.2, 0.25) is 5.02 Å². The SMILES string of the molecule is CNCCn1cnc2c1-c1ccc(C(F)(F)F)nc1N(c1ccccc1Cl)C2. The Morgan fingerprint density at radius 1 is 1.18 bits per heavy atom. The van der Waals surface area contributed by atoms with Crippen molar-refractivity contribution in [2.75, 3.05) is 18.5 Å². The molecule has 1 aliphatic rings. The molecule has 3 aromatic rings. The summed E-state index contributed by atoms with van der Waals surface area (Å²) in [6, 6.07) is 9.49. The molecule has 0 amide bonds. The van der Waals surface area contributed by atoms with E-state index in [0.29, 0.717) is 29.4 Å². The number of benzene rings is 1. The Morgan fingerprint density at radius 3 is 2.68 bits per heavy atom. The molecule has 1 N–H and O–H groups in total. The van der Waals surface area contributed by atoms with Gasteiger partial charge in [-0.3, -0.25) is 0 Å². The number of rotatable bonds is 4. The van der Waals surface area contributed by atoms with Crippen LogP contribution in [0.25, 0.3) is 11.3 Å². The van der Waals surface area contributed by atoms with E-state index in [-0.39, 0.29) is 12.4 Å². The monoisotopic (exact) mass is 407 g/mol. The van der Waals surface area contributed by atoms with Gasteiger partial charge in [-0.15, -0.1) is 0 Å². The van der Waals surface area contributed by atoms with E-state index >= 15 is 0 Å². The second-order valence-electron chi connectivity index (χ2n) is 6.44. The van der Waals surface area contributed by atoms with Gasteiger partial charge >= 0.3 is 6.18 Å². The van der Waals surface area contributed by atoms with Gasteiger partial charge in [0, 0.05) is 18.7 Å². The number of imidazole rings is 1. The van der Waals surface area contributed by atoms with E-state index in [0.717, 1.165) is 17.5 Å². The quantitative estimate of drug-likeness (QED) is 0.692. The van der Waals surface area contributed by atoms with Gasteiger partial charge < -0.3 is 14.8 Å². The van der Waals surface area contributed by atoms with Crippen LogP contribution in [0.3, 0.4) is 0 Å². The first kappa shape index (κ1) is 18.8. The van der Waals surface area contributed by atoms with E-state index in [2.05, 4.69) is 15.3 Å². The molecule has 4 rings (SSSR count). The summed E-state index contributed by atoms with van der Waals surface area (Å²) in [7, 11) is 1.84. The van der Waals surface area contributed by atoms with Crippen LogP contribution < -0.4 is 10.2 Å². The normalized spacial score (nSPS) is 13.4. The standard InChI is InChI=1S/C19H17ClF3N5/c1-24-8-9-27-11-25-14-10-28(15-5-3-2-4-13(15)20)18-12(17(14)27)6-7-16(26-18)19(21,22)23/h2-7,11,24H,8-10H2,1H3. The molecule has 0 atom stereocenters. The summed E-state index contributed by atoms with van der Waals surface area (Å²) in [5.41, 5.74) is 1.81. The molecular weight excluding hydrogens is 391 g/mol. The number of aromatic nitrogens is 3. The van der Waals surface area contributed by atoms with E-state index in [1.165, 1.54) is 6.07 Å². The molecule has 0 saturated carbocycles. The van der Waals surface area contributed by atoms with Gasteiger partial charge in [0.25, 0.3) is 0 Å². The van der Waals surface area contributed by atoms with Crippen LogP contribution >= 0.6 is 11.6 Å². The summed E-state index contributed by atoms with van der Waals surface area (Å²) in [5.74, 6) is 0.224. The fraction of sp³-hybridized carbons (Fsp3) is 0.263. The second-order valence-corrected chi connectivity index (χ2v) is 6.85. The van der Waals surface area contributed by atoms with Crippen LogP contribution in [0.15, 0.2) is 42.7 Å². The molecule has 9 heteroatoms. The average Bonchev–Trinajstić information content (AvgIpc) is 3.08. The maximum absolute atomic E-state index is 13.3. The topological polar surface area (TPSA) is 46.0 Å². The Hall–Kier alpha value is -2.58. The molecule has 0 bridgehead atoms. The van der Waals surface area contributed by atoms with Crippen molar-refractivity contribution in [3.8, 4) is 11.3 Å². The molecule has 146 valence electrons. The van der Waals surface area contributed by atoms with Gasteiger partial charge in [0.2, 0.25) is 0 Å². The minimum atomic E-state index is -4.53. The van der Waals surface area contributed by atoms with Crippen molar-refractivity contribution in [1.82, 2.24) is 19.9 Å². The van der Waals surface area contributed by atoms with Crippen molar-refractivity contribution in [3.63, 3.8) is 0 Å². The molecule has 3 heterocycles. The minimum Gasteiger partial charge on any atom is -0.329 e. The number of anilines is 2. The number of hydrogen-bond acceptors (Lipinski definition) is 4. The highest BCUT2D eigenvalue weighted by Gasteiger charge is 2.36. The summed E-state index contributed by atoms with van der Waals surface area (Å²) in [4.78, 5) is 10.1. The molecule has 0 radical (unpaired) electrons. The predicted octanol–water partition coefficient (Wildman–Crippen LogP) is 4.49. The average molecular weight is 408 g/mol.